The number of nitrogens with zero attached hydrogens (tertiary/aromatic N) is 1. The number of aliphatic hydroxyl groups excluding tert-OH is 2. The van der Waals surface area contributed by atoms with Gasteiger partial charge >= 0.3 is 0 Å². The van der Waals surface area contributed by atoms with Gasteiger partial charge in [0.1, 0.15) is 0 Å². The molecule has 1 fully saturated rings. The van der Waals surface area contributed by atoms with Crippen LogP contribution in [-0.2, 0) is 0 Å². The van der Waals surface area contributed by atoms with E-state index in [0.717, 1.165) is 24.9 Å². The number of nitriles is 1. The van der Waals surface area contributed by atoms with Crippen molar-refractivity contribution in [3.8, 4) is 6.07 Å². The molecular formula is C14H18N2O2. The summed E-state index contributed by atoms with van der Waals surface area (Å²) < 4.78 is 0. The van der Waals surface area contributed by atoms with E-state index in [2.05, 4.69) is 5.32 Å². The van der Waals surface area contributed by atoms with Crippen LogP contribution in [0, 0.1) is 16.7 Å². The molecule has 96 valence electrons. The lowest BCUT2D eigenvalue weighted by molar-refractivity contribution is 0.162. The number of aliphatic hydroxyl groups is 2. The Kier molecular flexibility index (Phi) is 3.97. The molecule has 1 aliphatic rings. The van der Waals surface area contributed by atoms with Crippen LogP contribution < -0.4 is 5.32 Å². The first-order valence-electron chi connectivity index (χ1n) is 6.19. The Balaban J connectivity index is 1.80. The van der Waals surface area contributed by atoms with E-state index in [9.17, 15) is 5.11 Å². The molecule has 1 unspecified atom stereocenters. The summed E-state index contributed by atoms with van der Waals surface area (Å²) >= 11 is 0. The highest BCUT2D eigenvalue weighted by Gasteiger charge is 2.41. The fraction of sp³-hybridized carbons (Fsp3) is 0.500. The van der Waals surface area contributed by atoms with Crippen LogP contribution in [0.3, 0.4) is 0 Å². The second kappa shape index (κ2) is 5.49. The summed E-state index contributed by atoms with van der Waals surface area (Å²) in [5.74, 6) is 0. The third-order valence-electron chi connectivity index (χ3n) is 3.55. The van der Waals surface area contributed by atoms with Crippen molar-refractivity contribution in [2.24, 2.45) is 5.41 Å². The summed E-state index contributed by atoms with van der Waals surface area (Å²) in [5.41, 5.74) is 1.45. The molecule has 0 aliphatic heterocycles. The van der Waals surface area contributed by atoms with E-state index in [1.807, 2.05) is 6.07 Å². The average molecular weight is 246 g/mol. The maximum Gasteiger partial charge on any atom is 0.0991 e. The topological polar surface area (TPSA) is 76.3 Å². The van der Waals surface area contributed by atoms with E-state index in [-0.39, 0.29) is 12.0 Å². The summed E-state index contributed by atoms with van der Waals surface area (Å²) in [6, 6.07) is 8.99. The Labute approximate surface area is 107 Å². The molecule has 1 aromatic rings. The molecule has 0 aromatic heterocycles. The Hall–Kier alpha value is -1.41. The summed E-state index contributed by atoms with van der Waals surface area (Å²) in [6.45, 7) is 1.43. The summed E-state index contributed by atoms with van der Waals surface area (Å²) in [7, 11) is 0. The van der Waals surface area contributed by atoms with Gasteiger partial charge in [-0.1, -0.05) is 12.1 Å². The standard InChI is InChI=1S/C14H18N2O2/c15-7-11-1-3-12(4-2-11)13(18)8-16-9-14(10-17)5-6-14/h1-4,13,16-18H,5-6,8-10H2. The van der Waals surface area contributed by atoms with Crippen LogP contribution in [0.4, 0.5) is 0 Å². The SMILES string of the molecule is N#Cc1ccc(C(O)CNCC2(CO)CC2)cc1. The number of hydrogen-bond donors (Lipinski definition) is 3. The third-order valence-corrected chi connectivity index (χ3v) is 3.55. The number of hydrogen-bond acceptors (Lipinski definition) is 4. The molecule has 18 heavy (non-hydrogen) atoms. The van der Waals surface area contributed by atoms with Crippen molar-refractivity contribution in [1.82, 2.24) is 5.32 Å². The van der Waals surface area contributed by atoms with Crippen LogP contribution in [0.15, 0.2) is 24.3 Å². The molecular weight excluding hydrogens is 228 g/mol. The zero-order chi connectivity index (χ0) is 13.0. The molecule has 4 nitrogen and oxygen atoms in total. The first-order chi connectivity index (χ1) is 8.69. The number of rotatable bonds is 6. The van der Waals surface area contributed by atoms with Crippen molar-refractivity contribution in [2.45, 2.75) is 18.9 Å². The van der Waals surface area contributed by atoms with Gasteiger partial charge in [0.2, 0.25) is 0 Å². The van der Waals surface area contributed by atoms with Crippen LogP contribution in [0.25, 0.3) is 0 Å². The van der Waals surface area contributed by atoms with Gasteiger partial charge in [-0.2, -0.15) is 5.26 Å². The molecule has 1 aromatic carbocycles. The van der Waals surface area contributed by atoms with Crippen molar-refractivity contribution in [3.05, 3.63) is 35.4 Å². The fourth-order valence-corrected chi connectivity index (χ4v) is 1.94. The second-order valence-corrected chi connectivity index (χ2v) is 5.04. The molecule has 0 spiro atoms. The maximum atomic E-state index is 9.97. The Morgan fingerprint density at radius 3 is 2.50 bits per heavy atom. The highest BCUT2D eigenvalue weighted by Crippen LogP contribution is 2.44. The fourth-order valence-electron chi connectivity index (χ4n) is 1.94. The van der Waals surface area contributed by atoms with Gasteiger partial charge in [0.15, 0.2) is 0 Å². The zero-order valence-electron chi connectivity index (χ0n) is 10.3. The van der Waals surface area contributed by atoms with Crippen LogP contribution in [0.5, 0.6) is 0 Å². The van der Waals surface area contributed by atoms with E-state index in [1.54, 1.807) is 24.3 Å². The number of nitrogens with one attached hydrogen (secondary N) is 1. The lowest BCUT2D eigenvalue weighted by atomic mass is 10.1. The minimum Gasteiger partial charge on any atom is -0.396 e. The molecule has 0 bridgehead atoms. The average Bonchev–Trinajstić information content (AvgIpc) is 3.19. The van der Waals surface area contributed by atoms with Crippen molar-refractivity contribution in [2.75, 3.05) is 19.7 Å². The van der Waals surface area contributed by atoms with Crippen molar-refractivity contribution >= 4 is 0 Å². The second-order valence-electron chi connectivity index (χ2n) is 5.04. The van der Waals surface area contributed by atoms with E-state index in [1.165, 1.54) is 0 Å². The molecule has 0 amide bonds. The molecule has 0 saturated heterocycles. The largest absolute Gasteiger partial charge is 0.396 e. The summed E-state index contributed by atoms with van der Waals surface area (Å²) in [5, 5.41) is 31.0. The number of benzene rings is 1. The lowest BCUT2D eigenvalue weighted by Crippen LogP contribution is -2.30. The predicted molar refractivity (Wildman–Crippen MR) is 67.7 cm³/mol. The van der Waals surface area contributed by atoms with Gasteiger partial charge in [-0.05, 0) is 30.5 Å². The molecule has 0 radical (unpaired) electrons. The van der Waals surface area contributed by atoms with Gasteiger partial charge in [0, 0.05) is 25.1 Å². The zero-order valence-corrected chi connectivity index (χ0v) is 10.3. The van der Waals surface area contributed by atoms with Crippen LogP contribution in [0.1, 0.15) is 30.1 Å². The molecule has 1 saturated carbocycles. The monoisotopic (exact) mass is 246 g/mol. The quantitative estimate of drug-likeness (QED) is 0.698. The minimum atomic E-state index is -0.577. The molecule has 3 N–H and O–H groups in total. The molecule has 4 heteroatoms. The first kappa shape index (κ1) is 13.0. The van der Waals surface area contributed by atoms with E-state index in [4.69, 9.17) is 10.4 Å². The summed E-state index contributed by atoms with van der Waals surface area (Å²) in [4.78, 5) is 0. The van der Waals surface area contributed by atoms with Crippen LogP contribution >= 0.6 is 0 Å². The first-order valence-corrected chi connectivity index (χ1v) is 6.19. The van der Waals surface area contributed by atoms with Gasteiger partial charge in [-0.25, -0.2) is 0 Å². The Morgan fingerprint density at radius 1 is 1.33 bits per heavy atom. The normalized spacial score (nSPS) is 18.1. The van der Waals surface area contributed by atoms with Gasteiger partial charge in [0.25, 0.3) is 0 Å². The van der Waals surface area contributed by atoms with Crippen LogP contribution in [0.2, 0.25) is 0 Å². The van der Waals surface area contributed by atoms with Gasteiger partial charge in [-0.15, -0.1) is 0 Å². The van der Waals surface area contributed by atoms with Gasteiger partial charge in [0.05, 0.1) is 17.7 Å². The molecule has 1 aliphatic carbocycles. The maximum absolute atomic E-state index is 9.97. The van der Waals surface area contributed by atoms with E-state index < -0.39 is 6.10 Å². The van der Waals surface area contributed by atoms with E-state index >= 15 is 0 Å². The molecule has 1 atom stereocenters. The highest BCUT2D eigenvalue weighted by atomic mass is 16.3. The molecule has 2 rings (SSSR count). The Morgan fingerprint density at radius 2 is 2.00 bits per heavy atom. The van der Waals surface area contributed by atoms with E-state index in [0.29, 0.717) is 12.1 Å². The van der Waals surface area contributed by atoms with Crippen LogP contribution in [-0.4, -0.2) is 29.9 Å². The van der Waals surface area contributed by atoms with Gasteiger partial charge < -0.3 is 15.5 Å². The minimum absolute atomic E-state index is 0.0599. The van der Waals surface area contributed by atoms with Crippen molar-refractivity contribution in [1.29, 1.82) is 5.26 Å². The smallest absolute Gasteiger partial charge is 0.0991 e. The Bertz CT molecular complexity index is 432. The molecule has 0 heterocycles. The lowest BCUT2D eigenvalue weighted by Gasteiger charge is -2.16. The highest BCUT2D eigenvalue weighted by molar-refractivity contribution is 5.32. The predicted octanol–water partition coefficient (Wildman–Crippen LogP) is 0.954. The van der Waals surface area contributed by atoms with Crippen molar-refractivity contribution < 1.29 is 10.2 Å². The third kappa shape index (κ3) is 3.08. The van der Waals surface area contributed by atoms with Gasteiger partial charge in [-0.3, -0.25) is 0 Å². The summed E-state index contributed by atoms with van der Waals surface area (Å²) in [6.07, 6.45) is 1.54. The van der Waals surface area contributed by atoms with Crippen molar-refractivity contribution in [3.63, 3.8) is 0 Å².